The van der Waals surface area contributed by atoms with Crippen LogP contribution in [0.4, 0.5) is 0 Å². The summed E-state index contributed by atoms with van der Waals surface area (Å²) < 4.78 is 0. The van der Waals surface area contributed by atoms with Gasteiger partial charge >= 0.3 is 0 Å². The van der Waals surface area contributed by atoms with E-state index in [-0.39, 0.29) is 0 Å². The number of benzene rings is 1. The van der Waals surface area contributed by atoms with Crippen LogP contribution in [0.1, 0.15) is 23.7 Å². The van der Waals surface area contributed by atoms with Crippen molar-refractivity contribution in [2.45, 2.75) is 18.2 Å². The molecule has 1 rings (SSSR count). The van der Waals surface area contributed by atoms with Gasteiger partial charge in [0, 0.05) is 22.6 Å². The molecule has 0 spiro atoms. The zero-order chi connectivity index (χ0) is 10.2. The standard InChI is InChI=1S/C12H12OS/c1-2-3-6-9-14-12-8-5-4-7-11(12)10-13/h4-5,7-8,10H,6,9H2,1H3. The van der Waals surface area contributed by atoms with Crippen molar-refractivity contribution in [2.24, 2.45) is 0 Å². The van der Waals surface area contributed by atoms with Crippen molar-refractivity contribution in [3.8, 4) is 11.8 Å². The number of rotatable bonds is 4. The Hall–Kier alpha value is -1.20. The smallest absolute Gasteiger partial charge is 0.151 e. The summed E-state index contributed by atoms with van der Waals surface area (Å²) in [4.78, 5) is 11.7. The van der Waals surface area contributed by atoms with Gasteiger partial charge in [-0.2, -0.15) is 0 Å². The molecule has 0 aromatic heterocycles. The monoisotopic (exact) mass is 204 g/mol. The zero-order valence-corrected chi connectivity index (χ0v) is 8.93. The van der Waals surface area contributed by atoms with E-state index >= 15 is 0 Å². The average molecular weight is 204 g/mol. The molecule has 0 heterocycles. The van der Waals surface area contributed by atoms with Gasteiger partial charge in [0.2, 0.25) is 0 Å². The maximum absolute atomic E-state index is 10.7. The molecule has 0 aliphatic heterocycles. The van der Waals surface area contributed by atoms with Crippen LogP contribution in [0.5, 0.6) is 0 Å². The number of aldehydes is 1. The van der Waals surface area contributed by atoms with Crippen LogP contribution >= 0.6 is 11.8 Å². The molecule has 14 heavy (non-hydrogen) atoms. The Bertz CT molecular complexity index is 360. The lowest BCUT2D eigenvalue weighted by molar-refractivity contribution is 0.112. The fourth-order valence-electron chi connectivity index (χ4n) is 1.05. The van der Waals surface area contributed by atoms with Crippen LogP contribution in [0.3, 0.4) is 0 Å². The molecule has 0 amide bonds. The predicted octanol–water partition coefficient (Wildman–Crippen LogP) is 3.00. The number of carbonyl (C=O) groups is 1. The first kappa shape index (κ1) is 10.9. The number of thioether (sulfide) groups is 1. The van der Waals surface area contributed by atoms with Crippen LogP contribution in [0.2, 0.25) is 0 Å². The summed E-state index contributed by atoms with van der Waals surface area (Å²) in [6.45, 7) is 1.84. The molecule has 72 valence electrons. The summed E-state index contributed by atoms with van der Waals surface area (Å²) in [6, 6.07) is 7.62. The molecule has 0 fully saturated rings. The number of hydrogen-bond acceptors (Lipinski definition) is 2. The van der Waals surface area contributed by atoms with Crippen LogP contribution in [0.25, 0.3) is 0 Å². The van der Waals surface area contributed by atoms with E-state index in [0.717, 1.165) is 28.9 Å². The van der Waals surface area contributed by atoms with E-state index < -0.39 is 0 Å². The molecular weight excluding hydrogens is 192 g/mol. The van der Waals surface area contributed by atoms with Gasteiger partial charge < -0.3 is 0 Å². The molecule has 1 nitrogen and oxygen atoms in total. The van der Waals surface area contributed by atoms with Crippen LogP contribution in [0.15, 0.2) is 29.2 Å². The SMILES string of the molecule is CC#CCCSc1ccccc1C=O. The highest BCUT2D eigenvalue weighted by atomic mass is 32.2. The van der Waals surface area contributed by atoms with Crippen LogP contribution in [-0.2, 0) is 0 Å². The summed E-state index contributed by atoms with van der Waals surface area (Å²) in [7, 11) is 0. The van der Waals surface area contributed by atoms with Gasteiger partial charge in [0.15, 0.2) is 6.29 Å². The largest absolute Gasteiger partial charge is 0.298 e. The minimum atomic E-state index is 0.766. The van der Waals surface area contributed by atoms with Crippen LogP contribution in [-0.4, -0.2) is 12.0 Å². The van der Waals surface area contributed by atoms with Gasteiger partial charge in [0.1, 0.15) is 0 Å². The Morgan fingerprint density at radius 1 is 1.43 bits per heavy atom. The molecule has 0 saturated heterocycles. The summed E-state index contributed by atoms with van der Waals surface area (Å²) >= 11 is 1.68. The lowest BCUT2D eigenvalue weighted by Gasteiger charge is -2.01. The Kier molecular flexibility index (Phi) is 4.88. The molecule has 2 heteroatoms. The first-order valence-corrected chi connectivity index (χ1v) is 5.43. The van der Waals surface area contributed by atoms with E-state index in [1.54, 1.807) is 11.8 Å². The van der Waals surface area contributed by atoms with Crippen molar-refractivity contribution in [3.05, 3.63) is 29.8 Å². The molecule has 0 atom stereocenters. The van der Waals surface area contributed by atoms with E-state index in [1.807, 2.05) is 31.2 Å². The molecule has 0 saturated carbocycles. The highest BCUT2D eigenvalue weighted by Gasteiger charge is 1.99. The molecular formula is C12H12OS. The van der Waals surface area contributed by atoms with Crippen LogP contribution in [0, 0.1) is 11.8 Å². The lowest BCUT2D eigenvalue weighted by Crippen LogP contribution is -1.85. The molecule has 0 aliphatic rings. The molecule has 1 aromatic carbocycles. The van der Waals surface area contributed by atoms with Crippen molar-refractivity contribution >= 4 is 18.0 Å². The maximum atomic E-state index is 10.7. The van der Waals surface area contributed by atoms with Gasteiger partial charge in [-0.05, 0) is 13.0 Å². The predicted molar refractivity (Wildman–Crippen MR) is 60.6 cm³/mol. The first-order valence-electron chi connectivity index (χ1n) is 4.45. The van der Waals surface area contributed by atoms with E-state index in [1.165, 1.54) is 0 Å². The molecule has 0 unspecified atom stereocenters. The fraction of sp³-hybridized carbons (Fsp3) is 0.250. The summed E-state index contributed by atoms with van der Waals surface area (Å²) in [5.74, 6) is 6.78. The minimum Gasteiger partial charge on any atom is -0.298 e. The van der Waals surface area contributed by atoms with Crippen molar-refractivity contribution in [2.75, 3.05) is 5.75 Å². The Morgan fingerprint density at radius 3 is 2.93 bits per heavy atom. The third-order valence-electron chi connectivity index (χ3n) is 1.71. The van der Waals surface area contributed by atoms with Gasteiger partial charge in [-0.25, -0.2) is 0 Å². The van der Waals surface area contributed by atoms with Gasteiger partial charge in [0.05, 0.1) is 0 Å². The van der Waals surface area contributed by atoms with Crippen molar-refractivity contribution in [3.63, 3.8) is 0 Å². The van der Waals surface area contributed by atoms with Gasteiger partial charge in [-0.3, -0.25) is 4.79 Å². The molecule has 0 bridgehead atoms. The van der Waals surface area contributed by atoms with E-state index in [0.29, 0.717) is 0 Å². The van der Waals surface area contributed by atoms with E-state index in [9.17, 15) is 4.79 Å². The maximum Gasteiger partial charge on any atom is 0.151 e. The molecule has 0 N–H and O–H groups in total. The van der Waals surface area contributed by atoms with Crippen molar-refractivity contribution in [1.29, 1.82) is 0 Å². The fourth-order valence-corrected chi connectivity index (χ4v) is 1.93. The highest BCUT2D eigenvalue weighted by molar-refractivity contribution is 7.99. The average Bonchev–Trinajstić information content (AvgIpc) is 2.25. The number of hydrogen-bond donors (Lipinski definition) is 0. The summed E-state index contributed by atoms with van der Waals surface area (Å²) in [6.07, 6.45) is 1.77. The third-order valence-corrected chi connectivity index (χ3v) is 2.80. The van der Waals surface area contributed by atoms with Gasteiger partial charge in [0.25, 0.3) is 0 Å². The van der Waals surface area contributed by atoms with Crippen LogP contribution < -0.4 is 0 Å². The van der Waals surface area contributed by atoms with Crippen molar-refractivity contribution < 1.29 is 4.79 Å². The van der Waals surface area contributed by atoms with E-state index in [2.05, 4.69) is 11.8 Å². The summed E-state index contributed by atoms with van der Waals surface area (Å²) in [5, 5.41) is 0. The third kappa shape index (κ3) is 3.27. The molecule has 0 aliphatic carbocycles. The Balaban J connectivity index is 2.56. The molecule has 0 radical (unpaired) electrons. The summed E-state index contributed by atoms with van der Waals surface area (Å²) in [5.41, 5.74) is 0.766. The number of carbonyl (C=O) groups excluding carboxylic acids is 1. The zero-order valence-electron chi connectivity index (χ0n) is 8.12. The topological polar surface area (TPSA) is 17.1 Å². The first-order chi connectivity index (χ1) is 6.88. The molecule has 1 aromatic rings. The van der Waals surface area contributed by atoms with Crippen molar-refractivity contribution in [1.82, 2.24) is 0 Å². The lowest BCUT2D eigenvalue weighted by atomic mass is 10.2. The Morgan fingerprint density at radius 2 is 2.21 bits per heavy atom. The van der Waals surface area contributed by atoms with Gasteiger partial charge in [-0.1, -0.05) is 18.2 Å². The van der Waals surface area contributed by atoms with E-state index in [4.69, 9.17) is 0 Å². The minimum absolute atomic E-state index is 0.766. The second kappa shape index (κ2) is 6.28. The van der Waals surface area contributed by atoms with Gasteiger partial charge in [-0.15, -0.1) is 23.6 Å². The highest BCUT2D eigenvalue weighted by Crippen LogP contribution is 2.21. The quantitative estimate of drug-likeness (QED) is 0.324. The second-order valence-corrected chi connectivity index (χ2v) is 3.82. The normalized spacial score (nSPS) is 8.93. The second-order valence-electron chi connectivity index (χ2n) is 2.68. The Labute approximate surface area is 88.9 Å².